The van der Waals surface area contributed by atoms with Crippen molar-refractivity contribution in [2.75, 3.05) is 6.54 Å². The Morgan fingerprint density at radius 1 is 1.24 bits per heavy atom. The van der Waals surface area contributed by atoms with Gasteiger partial charge >= 0.3 is 0 Å². The van der Waals surface area contributed by atoms with E-state index >= 15 is 0 Å². The number of benzene rings is 1. The van der Waals surface area contributed by atoms with E-state index in [9.17, 15) is 0 Å². The molecule has 1 saturated carbocycles. The van der Waals surface area contributed by atoms with Crippen LogP contribution in [0.3, 0.4) is 0 Å². The summed E-state index contributed by atoms with van der Waals surface area (Å²) in [6.07, 6.45) is 2.85. The van der Waals surface area contributed by atoms with Gasteiger partial charge < -0.3 is 5.32 Å². The van der Waals surface area contributed by atoms with E-state index in [1.165, 1.54) is 24.1 Å². The van der Waals surface area contributed by atoms with Crippen molar-refractivity contribution in [3.8, 4) is 5.69 Å². The predicted octanol–water partition coefficient (Wildman–Crippen LogP) is 3.62. The van der Waals surface area contributed by atoms with Gasteiger partial charge in [-0.05, 0) is 57.2 Å². The highest BCUT2D eigenvalue weighted by molar-refractivity contribution is 5.36. The second-order valence-corrected chi connectivity index (χ2v) is 6.34. The molecule has 21 heavy (non-hydrogen) atoms. The Labute approximate surface area is 127 Å². The molecule has 0 aliphatic heterocycles. The van der Waals surface area contributed by atoms with Crippen molar-refractivity contribution in [2.45, 2.75) is 40.2 Å². The number of para-hydroxylation sites is 1. The minimum absolute atomic E-state index is 0.801. The van der Waals surface area contributed by atoms with Gasteiger partial charge in [-0.1, -0.05) is 25.1 Å². The van der Waals surface area contributed by atoms with Crippen molar-refractivity contribution in [3.05, 3.63) is 47.3 Å². The Bertz CT molecular complexity index is 596. The number of hydrogen-bond donors (Lipinski definition) is 1. The van der Waals surface area contributed by atoms with Crippen LogP contribution in [-0.2, 0) is 6.54 Å². The van der Waals surface area contributed by atoms with E-state index in [-0.39, 0.29) is 0 Å². The van der Waals surface area contributed by atoms with Gasteiger partial charge in [0.15, 0.2) is 0 Å². The monoisotopic (exact) mass is 283 g/mol. The molecule has 1 atom stereocenters. The van der Waals surface area contributed by atoms with Crippen molar-refractivity contribution < 1.29 is 0 Å². The molecule has 1 heterocycles. The summed E-state index contributed by atoms with van der Waals surface area (Å²) >= 11 is 0. The minimum Gasteiger partial charge on any atom is -0.312 e. The molecule has 1 aliphatic rings. The van der Waals surface area contributed by atoms with Crippen LogP contribution in [0, 0.1) is 25.7 Å². The lowest BCUT2D eigenvalue weighted by molar-refractivity contribution is 0.461. The molecular formula is C18H25N3. The fraction of sp³-hybridized carbons (Fsp3) is 0.500. The maximum Gasteiger partial charge on any atom is 0.0648 e. The Balaban J connectivity index is 1.69. The van der Waals surface area contributed by atoms with Crippen LogP contribution in [0.4, 0.5) is 0 Å². The molecule has 1 aromatic heterocycles. The van der Waals surface area contributed by atoms with Gasteiger partial charge in [-0.3, -0.25) is 0 Å². The molecule has 0 bridgehead atoms. The summed E-state index contributed by atoms with van der Waals surface area (Å²) in [6, 6.07) is 10.4. The molecule has 112 valence electrons. The molecule has 1 aliphatic carbocycles. The third kappa shape index (κ3) is 3.18. The van der Waals surface area contributed by atoms with Gasteiger partial charge in [-0.2, -0.15) is 5.10 Å². The lowest BCUT2D eigenvalue weighted by atomic mass is 10.1. The second kappa shape index (κ2) is 6.02. The van der Waals surface area contributed by atoms with Crippen LogP contribution in [0.2, 0.25) is 0 Å². The van der Waals surface area contributed by atoms with E-state index in [2.05, 4.69) is 55.0 Å². The number of rotatable bonds is 6. The molecule has 3 rings (SSSR count). The number of aromatic nitrogens is 2. The minimum atomic E-state index is 0.801. The van der Waals surface area contributed by atoms with E-state index in [0.29, 0.717) is 0 Å². The normalized spacial score (nSPS) is 16.1. The van der Waals surface area contributed by atoms with E-state index < -0.39 is 0 Å². The molecule has 3 nitrogen and oxygen atoms in total. The van der Waals surface area contributed by atoms with Crippen LogP contribution >= 0.6 is 0 Å². The van der Waals surface area contributed by atoms with Crippen molar-refractivity contribution in [1.82, 2.24) is 15.1 Å². The number of aryl methyl sites for hydroxylation is 1. The predicted molar refractivity (Wildman–Crippen MR) is 86.6 cm³/mol. The van der Waals surface area contributed by atoms with Crippen LogP contribution in [0.25, 0.3) is 5.69 Å². The summed E-state index contributed by atoms with van der Waals surface area (Å²) in [5, 5.41) is 8.32. The first-order valence-corrected chi connectivity index (χ1v) is 7.98. The second-order valence-electron chi connectivity index (χ2n) is 6.34. The van der Waals surface area contributed by atoms with Crippen molar-refractivity contribution >= 4 is 0 Å². The fourth-order valence-electron chi connectivity index (χ4n) is 3.01. The van der Waals surface area contributed by atoms with Crippen LogP contribution in [0.1, 0.15) is 36.7 Å². The van der Waals surface area contributed by atoms with E-state index in [1.807, 2.05) is 6.07 Å². The van der Waals surface area contributed by atoms with Crippen LogP contribution < -0.4 is 5.32 Å². The number of nitrogens with zero attached hydrogens (tertiary/aromatic N) is 2. The summed E-state index contributed by atoms with van der Waals surface area (Å²) in [6.45, 7) is 8.65. The van der Waals surface area contributed by atoms with Gasteiger partial charge in [-0.15, -0.1) is 0 Å². The molecule has 0 saturated heterocycles. The first-order chi connectivity index (χ1) is 10.2. The van der Waals surface area contributed by atoms with E-state index in [4.69, 9.17) is 5.10 Å². The zero-order valence-corrected chi connectivity index (χ0v) is 13.3. The molecule has 1 N–H and O–H groups in total. The van der Waals surface area contributed by atoms with E-state index in [1.54, 1.807) is 0 Å². The topological polar surface area (TPSA) is 29.9 Å². The van der Waals surface area contributed by atoms with Gasteiger partial charge in [-0.25, -0.2) is 4.68 Å². The smallest absolute Gasteiger partial charge is 0.0648 e. The number of hydrogen-bond acceptors (Lipinski definition) is 2. The molecule has 1 fully saturated rings. The summed E-state index contributed by atoms with van der Waals surface area (Å²) < 4.78 is 2.05. The first-order valence-electron chi connectivity index (χ1n) is 7.98. The summed E-state index contributed by atoms with van der Waals surface area (Å²) in [5.74, 6) is 1.77. The quantitative estimate of drug-likeness (QED) is 0.877. The highest BCUT2D eigenvalue weighted by atomic mass is 15.3. The molecule has 0 radical (unpaired) electrons. The molecule has 0 spiro atoms. The standard InChI is InChI=1S/C18H25N3/c1-13(16-9-10-16)11-19-12-18-14(2)20-21(15(18)3)17-7-5-4-6-8-17/h4-8,13,16,19H,9-12H2,1-3H3. The Morgan fingerprint density at radius 3 is 2.62 bits per heavy atom. The molecule has 1 aromatic carbocycles. The molecule has 2 aromatic rings. The van der Waals surface area contributed by atoms with Crippen LogP contribution in [0.5, 0.6) is 0 Å². The molecule has 1 unspecified atom stereocenters. The summed E-state index contributed by atoms with van der Waals surface area (Å²) in [4.78, 5) is 0. The van der Waals surface area contributed by atoms with E-state index in [0.717, 1.165) is 36.3 Å². The zero-order valence-electron chi connectivity index (χ0n) is 13.3. The van der Waals surface area contributed by atoms with Gasteiger partial charge in [0.25, 0.3) is 0 Å². The largest absolute Gasteiger partial charge is 0.312 e. The highest BCUT2D eigenvalue weighted by Gasteiger charge is 2.27. The van der Waals surface area contributed by atoms with Crippen LogP contribution in [0.15, 0.2) is 30.3 Å². The first kappa shape index (κ1) is 14.3. The van der Waals surface area contributed by atoms with Crippen molar-refractivity contribution in [2.24, 2.45) is 11.8 Å². The average molecular weight is 283 g/mol. The fourth-order valence-corrected chi connectivity index (χ4v) is 3.01. The Kier molecular flexibility index (Phi) is 4.11. The zero-order chi connectivity index (χ0) is 14.8. The maximum atomic E-state index is 4.70. The van der Waals surface area contributed by atoms with Gasteiger partial charge in [0.1, 0.15) is 0 Å². The lowest BCUT2D eigenvalue weighted by Crippen LogP contribution is -2.22. The van der Waals surface area contributed by atoms with Gasteiger partial charge in [0, 0.05) is 17.8 Å². The average Bonchev–Trinajstić information content (AvgIpc) is 3.30. The summed E-state index contributed by atoms with van der Waals surface area (Å²) in [5.41, 5.74) is 4.84. The third-order valence-corrected chi connectivity index (χ3v) is 4.64. The summed E-state index contributed by atoms with van der Waals surface area (Å²) in [7, 11) is 0. The SMILES string of the molecule is Cc1nn(-c2ccccc2)c(C)c1CNCC(C)C1CC1. The van der Waals surface area contributed by atoms with Gasteiger partial charge in [0.05, 0.1) is 11.4 Å². The van der Waals surface area contributed by atoms with Gasteiger partial charge in [0.2, 0.25) is 0 Å². The lowest BCUT2D eigenvalue weighted by Gasteiger charge is -2.11. The molecule has 0 amide bonds. The Hall–Kier alpha value is -1.61. The molecular weight excluding hydrogens is 258 g/mol. The van der Waals surface area contributed by atoms with Crippen LogP contribution in [-0.4, -0.2) is 16.3 Å². The van der Waals surface area contributed by atoms with Crippen molar-refractivity contribution in [3.63, 3.8) is 0 Å². The third-order valence-electron chi connectivity index (χ3n) is 4.64. The molecule has 3 heteroatoms. The maximum absolute atomic E-state index is 4.70. The Morgan fingerprint density at radius 2 is 1.95 bits per heavy atom. The van der Waals surface area contributed by atoms with Crippen molar-refractivity contribution in [1.29, 1.82) is 0 Å². The highest BCUT2D eigenvalue weighted by Crippen LogP contribution is 2.36. The number of nitrogens with one attached hydrogen (secondary N) is 1.